The maximum Gasteiger partial charge on any atom is 0.178 e. The number of benzene rings is 1. The molecule has 4 heteroatoms. The second kappa shape index (κ2) is 4.05. The third-order valence-corrected chi connectivity index (χ3v) is 4.42. The zero-order valence-corrected chi connectivity index (χ0v) is 10.8. The third-order valence-electron chi connectivity index (χ3n) is 2.58. The van der Waals surface area contributed by atoms with Crippen molar-refractivity contribution in [2.75, 3.05) is 0 Å². The lowest BCUT2D eigenvalue weighted by molar-refractivity contribution is 0.101. The third kappa shape index (κ3) is 1.79. The largest absolute Gasteiger partial charge is 0.293 e. The number of thiazole rings is 1. The van der Waals surface area contributed by atoms with E-state index in [1.807, 2.05) is 17.5 Å². The molecule has 0 aliphatic rings. The standard InChI is InChI=1S/C13H9NOS2/c1-8(15)11-7-17-13(14-11)10-6-16-12-5-3-2-4-9(10)12/h2-7H,1H3. The van der Waals surface area contributed by atoms with Crippen molar-refractivity contribution in [2.24, 2.45) is 0 Å². The van der Waals surface area contributed by atoms with Gasteiger partial charge in [0.2, 0.25) is 0 Å². The number of rotatable bonds is 2. The lowest BCUT2D eigenvalue weighted by Gasteiger charge is -1.93. The van der Waals surface area contributed by atoms with Gasteiger partial charge in [0.05, 0.1) is 0 Å². The first-order chi connectivity index (χ1) is 8.25. The molecule has 2 aromatic heterocycles. The molecule has 0 bridgehead atoms. The topological polar surface area (TPSA) is 30.0 Å². The molecular weight excluding hydrogens is 250 g/mol. The summed E-state index contributed by atoms with van der Waals surface area (Å²) in [6, 6.07) is 8.25. The zero-order valence-electron chi connectivity index (χ0n) is 9.14. The highest BCUT2D eigenvalue weighted by molar-refractivity contribution is 7.19. The van der Waals surface area contributed by atoms with Crippen molar-refractivity contribution in [1.29, 1.82) is 0 Å². The molecule has 0 atom stereocenters. The summed E-state index contributed by atoms with van der Waals surface area (Å²) in [5.41, 5.74) is 1.68. The number of ketones is 1. The van der Waals surface area contributed by atoms with Gasteiger partial charge in [0.15, 0.2) is 5.78 Å². The number of thiophene rings is 1. The van der Waals surface area contributed by atoms with E-state index in [1.54, 1.807) is 18.3 Å². The molecule has 1 aromatic carbocycles. The number of aromatic nitrogens is 1. The fourth-order valence-corrected chi connectivity index (χ4v) is 3.61. The summed E-state index contributed by atoms with van der Waals surface area (Å²) in [6.45, 7) is 1.55. The smallest absolute Gasteiger partial charge is 0.178 e. The maximum atomic E-state index is 11.2. The number of Topliss-reactive ketones (excluding diaryl/α,β-unsaturated/α-hetero) is 1. The Bertz CT molecular complexity index is 696. The first-order valence-corrected chi connectivity index (χ1v) is 6.94. The second-order valence-corrected chi connectivity index (χ2v) is 5.51. The molecule has 0 N–H and O–H groups in total. The number of nitrogens with zero attached hydrogens (tertiary/aromatic N) is 1. The summed E-state index contributed by atoms with van der Waals surface area (Å²) in [5, 5.41) is 6.06. The molecular formula is C13H9NOS2. The average molecular weight is 259 g/mol. The van der Waals surface area contributed by atoms with E-state index in [9.17, 15) is 4.79 Å². The van der Waals surface area contributed by atoms with Crippen LogP contribution in [0, 0.1) is 0 Å². The zero-order chi connectivity index (χ0) is 11.8. The molecule has 0 radical (unpaired) electrons. The number of carbonyl (C=O) groups is 1. The molecule has 84 valence electrons. The summed E-state index contributed by atoms with van der Waals surface area (Å²) in [7, 11) is 0. The van der Waals surface area contributed by atoms with E-state index < -0.39 is 0 Å². The Morgan fingerprint density at radius 1 is 1.18 bits per heavy atom. The molecule has 0 spiro atoms. The van der Waals surface area contributed by atoms with Crippen LogP contribution in [0.3, 0.4) is 0 Å². The van der Waals surface area contributed by atoms with Gasteiger partial charge in [-0.1, -0.05) is 18.2 Å². The van der Waals surface area contributed by atoms with Crippen molar-refractivity contribution in [3.05, 3.63) is 40.7 Å². The van der Waals surface area contributed by atoms with Gasteiger partial charge in [0.25, 0.3) is 0 Å². The van der Waals surface area contributed by atoms with Crippen LogP contribution in [-0.4, -0.2) is 10.8 Å². The maximum absolute atomic E-state index is 11.2. The number of hydrogen-bond acceptors (Lipinski definition) is 4. The Kier molecular flexibility index (Phi) is 2.53. The summed E-state index contributed by atoms with van der Waals surface area (Å²) < 4.78 is 1.25. The number of fused-ring (bicyclic) bond motifs is 1. The van der Waals surface area contributed by atoms with E-state index in [0.29, 0.717) is 5.69 Å². The van der Waals surface area contributed by atoms with Crippen LogP contribution in [0.25, 0.3) is 20.7 Å². The van der Waals surface area contributed by atoms with E-state index in [0.717, 1.165) is 10.6 Å². The van der Waals surface area contributed by atoms with Crippen molar-refractivity contribution in [1.82, 2.24) is 4.98 Å². The first kappa shape index (κ1) is 10.6. The minimum absolute atomic E-state index is 0.0204. The molecule has 0 amide bonds. The summed E-state index contributed by atoms with van der Waals surface area (Å²) >= 11 is 3.23. The second-order valence-electron chi connectivity index (χ2n) is 3.74. The Labute approximate surface area is 107 Å². The van der Waals surface area contributed by atoms with Crippen LogP contribution >= 0.6 is 22.7 Å². The average Bonchev–Trinajstić information content (AvgIpc) is 2.95. The molecule has 0 aliphatic heterocycles. The highest BCUT2D eigenvalue weighted by Gasteiger charge is 2.11. The summed E-state index contributed by atoms with van der Waals surface area (Å²) in [6.07, 6.45) is 0. The Morgan fingerprint density at radius 2 is 2.00 bits per heavy atom. The summed E-state index contributed by atoms with van der Waals surface area (Å²) in [4.78, 5) is 15.6. The molecule has 0 fully saturated rings. The highest BCUT2D eigenvalue weighted by Crippen LogP contribution is 2.35. The van der Waals surface area contributed by atoms with Crippen LogP contribution < -0.4 is 0 Å². The molecule has 0 unspecified atom stereocenters. The van der Waals surface area contributed by atoms with Gasteiger partial charge in [-0.3, -0.25) is 4.79 Å². The highest BCUT2D eigenvalue weighted by atomic mass is 32.1. The van der Waals surface area contributed by atoms with E-state index in [2.05, 4.69) is 22.5 Å². The molecule has 2 heterocycles. The van der Waals surface area contributed by atoms with Gasteiger partial charge in [-0.15, -0.1) is 22.7 Å². The van der Waals surface area contributed by atoms with Crippen molar-refractivity contribution in [3.63, 3.8) is 0 Å². The van der Waals surface area contributed by atoms with Crippen molar-refractivity contribution < 1.29 is 4.79 Å². The molecule has 0 saturated heterocycles. The van der Waals surface area contributed by atoms with Crippen LogP contribution in [0.15, 0.2) is 35.0 Å². The molecule has 17 heavy (non-hydrogen) atoms. The Morgan fingerprint density at radius 3 is 2.76 bits per heavy atom. The first-order valence-electron chi connectivity index (χ1n) is 5.19. The normalized spacial score (nSPS) is 10.9. The lowest BCUT2D eigenvalue weighted by atomic mass is 10.2. The predicted octanol–water partition coefficient (Wildman–Crippen LogP) is 4.23. The summed E-state index contributed by atoms with van der Waals surface area (Å²) in [5.74, 6) is 0.0204. The van der Waals surface area contributed by atoms with Gasteiger partial charge in [-0.05, 0) is 6.07 Å². The van der Waals surface area contributed by atoms with E-state index >= 15 is 0 Å². The van der Waals surface area contributed by atoms with Gasteiger partial charge < -0.3 is 0 Å². The molecule has 0 aliphatic carbocycles. The number of hydrogen-bond donors (Lipinski definition) is 0. The van der Waals surface area contributed by atoms with Crippen molar-refractivity contribution >= 4 is 38.5 Å². The fourth-order valence-electron chi connectivity index (χ4n) is 1.70. The van der Waals surface area contributed by atoms with Gasteiger partial charge in [0.1, 0.15) is 10.7 Å². The minimum Gasteiger partial charge on any atom is -0.293 e. The van der Waals surface area contributed by atoms with Crippen molar-refractivity contribution in [3.8, 4) is 10.6 Å². The van der Waals surface area contributed by atoms with E-state index in [4.69, 9.17) is 0 Å². The minimum atomic E-state index is 0.0204. The van der Waals surface area contributed by atoms with Gasteiger partial charge >= 0.3 is 0 Å². The van der Waals surface area contributed by atoms with Crippen LogP contribution in [0.5, 0.6) is 0 Å². The fraction of sp³-hybridized carbons (Fsp3) is 0.0769. The van der Waals surface area contributed by atoms with Gasteiger partial charge in [-0.25, -0.2) is 4.98 Å². The van der Waals surface area contributed by atoms with Gasteiger partial charge in [0, 0.05) is 33.3 Å². The van der Waals surface area contributed by atoms with Crippen LogP contribution in [-0.2, 0) is 0 Å². The monoisotopic (exact) mass is 259 g/mol. The van der Waals surface area contributed by atoms with Crippen LogP contribution in [0.4, 0.5) is 0 Å². The van der Waals surface area contributed by atoms with Crippen molar-refractivity contribution in [2.45, 2.75) is 6.92 Å². The molecule has 0 saturated carbocycles. The van der Waals surface area contributed by atoms with Crippen LogP contribution in [0.2, 0.25) is 0 Å². The molecule has 3 aromatic rings. The Hall–Kier alpha value is -1.52. The predicted molar refractivity (Wildman–Crippen MR) is 72.9 cm³/mol. The SMILES string of the molecule is CC(=O)c1csc(-c2csc3ccccc23)n1. The van der Waals surface area contributed by atoms with Crippen LogP contribution in [0.1, 0.15) is 17.4 Å². The molecule has 2 nitrogen and oxygen atoms in total. The lowest BCUT2D eigenvalue weighted by Crippen LogP contribution is -1.90. The van der Waals surface area contributed by atoms with E-state index in [1.165, 1.54) is 21.4 Å². The number of carbonyl (C=O) groups excluding carboxylic acids is 1. The Balaban J connectivity index is 2.17. The van der Waals surface area contributed by atoms with E-state index in [-0.39, 0.29) is 5.78 Å². The quantitative estimate of drug-likeness (QED) is 0.645. The molecule has 3 rings (SSSR count). The van der Waals surface area contributed by atoms with Gasteiger partial charge in [-0.2, -0.15) is 0 Å².